The fourth-order valence-corrected chi connectivity index (χ4v) is 4.16. The van der Waals surface area contributed by atoms with Crippen LogP contribution in [0.25, 0.3) is 0 Å². The number of nitrogens with one attached hydrogen (secondary N) is 2. The molecule has 7 heteroatoms. The standard InChI is InChI=1S/C15H26N4S2.HI/c1-12-4-6-13(7-5-12)19-14(16-2)17-8-3-10-20-15-18-9-11-21-15;/h9,11-13H,3-8,10H2,1-2H3,(H2,16,17,19);1H. The van der Waals surface area contributed by atoms with Gasteiger partial charge in [0.2, 0.25) is 0 Å². The molecule has 0 aromatic carbocycles. The van der Waals surface area contributed by atoms with Crippen molar-refractivity contribution in [2.24, 2.45) is 10.9 Å². The highest BCUT2D eigenvalue weighted by Crippen LogP contribution is 2.23. The highest BCUT2D eigenvalue weighted by molar-refractivity contribution is 14.0. The third-order valence-electron chi connectivity index (χ3n) is 3.83. The summed E-state index contributed by atoms with van der Waals surface area (Å²) in [6.07, 6.45) is 8.18. The molecule has 1 saturated carbocycles. The van der Waals surface area contributed by atoms with E-state index < -0.39 is 0 Å². The molecular formula is C15H27IN4S2. The van der Waals surface area contributed by atoms with Crippen molar-refractivity contribution in [3.8, 4) is 0 Å². The number of hydrogen-bond donors (Lipinski definition) is 2. The summed E-state index contributed by atoms with van der Waals surface area (Å²) in [6.45, 7) is 3.31. The lowest BCUT2D eigenvalue weighted by Crippen LogP contribution is -2.45. The lowest BCUT2D eigenvalue weighted by atomic mass is 9.87. The average molecular weight is 454 g/mol. The Balaban J connectivity index is 0.00000242. The second-order valence-electron chi connectivity index (χ2n) is 5.60. The Morgan fingerprint density at radius 1 is 1.41 bits per heavy atom. The summed E-state index contributed by atoms with van der Waals surface area (Å²) in [6, 6.07) is 0.595. The van der Waals surface area contributed by atoms with E-state index >= 15 is 0 Å². The molecule has 1 fully saturated rings. The molecule has 0 atom stereocenters. The first-order valence-corrected chi connectivity index (χ1v) is 9.64. The first-order valence-electron chi connectivity index (χ1n) is 7.77. The molecule has 0 saturated heterocycles. The van der Waals surface area contributed by atoms with Gasteiger partial charge in [-0.1, -0.05) is 18.7 Å². The van der Waals surface area contributed by atoms with Gasteiger partial charge in [-0.05, 0) is 38.0 Å². The lowest BCUT2D eigenvalue weighted by Gasteiger charge is -2.28. The van der Waals surface area contributed by atoms with Gasteiger partial charge >= 0.3 is 0 Å². The largest absolute Gasteiger partial charge is 0.356 e. The fraction of sp³-hybridized carbons (Fsp3) is 0.733. The molecule has 126 valence electrons. The number of rotatable bonds is 6. The molecule has 4 nitrogen and oxygen atoms in total. The van der Waals surface area contributed by atoms with E-state index in [2.05, 4.69) is 27.5 Å². The summed E-state index contributed by atoms with van der Waals surface area (Å²) in [5.41, 5.74) is 0. The number of aliphatic imine (C=N–C) groups is 1. The summed E-state index contributed by atoms with van der Waals surface area (Å²) >= 11 is 3.54. The maximum atomic E-state index is 4.33. The summed E-state index contributed by atoms with van der Waals surface area (Å²) in [5.74, 6) is 2.94. The number of halogens is 1. The number of guanidine groups is 1. The number of thioether (sulfide) groups is 1. The average Bonchev–Trinajstić information content (AvgIpc) is 3.01. The normalized spacial score (nSPS) is 22.0. The Hall–Kier alpha value is -0.0200. The van der Waals surface area contributed by atoms with Crippen LogP contribution in [-0.2, 0) is 0 Å². The quantitative estimate of drug-likeness (QED) is 0.225. The van der Waals surface area contributed by atoms with Gasteiger partial charge in [-0.15, -0.1) is 35.3 Å². The number of nitrogens with zero attached hydrogens (tertiary/aromatic N) is 2. The van der Waals surface area contributed by atoms with E-state index in [1.165, 1.54) is 25.7 Å². The van der Waals surface area contributed by atoms with Gasteiger partial charge in [0, 0.05) is 37.0 Å². The number of hydrogen-bond acceptors (Lipinski definition) is 4. The van der Waals surface area contributed by atoms with Crippen LogP contribution in [-0.4, -0.2) is 36.3 Å². The topological polar surface area (TPSA) is 49.3 Å². The first-order chi connectivity index (χ1) is 10.3. The molecule has 1 heterocycles. The van der Waals surface area contributed by atoms with Crippen LogP contribution in [0.15, 0.2) is 20.9 Å². The molecule has 1 aromatic rings. The van der Waals surface area contributed by atoms with E-state index in [0.29, 0.717) is 6.04 Å². The third-order valence-corrected chi connectivity index (χ3v) is 5.88. The van der Waals surface area contributed by atoms with Crippen molar-refractivity contribution in [2.45, 2.75) is 49.4 Å². The zero-order chi connectivity index (χ0) is 14.9. The molecular weight excluding hydrogens is 427 g/mol. The Kier molecular flexibility index (Phi) is 10.5. The van der Waals surface area contributed by atoms with Crippen molar-refractivity contribution >= 4 is 53.0 Å². The predicted molar refractivity (Wildman–Crippen MR) is 109 cm³/mol. The van der Waals surface area contributed by atoms with Crippen molar-refractivity contribution < 1.29 is 0 Å². The summed E-state index contributed by atoms with van der Waals surface area (Å²) in [4.78, 5) is 8.60. The van der Waals surface area contributed by atoms with Crippen LogP contribution >= 0.6 is 47.1 Å². The third kappa shape index (κ3) is 7.50. The summed E-state index contributed by atoms with van der Waals surface area (Å²) in [7, 11) is 1.85. The van der Waals surface area contributed by atoms with Crippen LogP contribution in [0.2, 0.25) is 0 Å². The second kappa shape index (κ2) is 11.5. The Morgan fingerprint density at radius 2 is 2.18 bits per heavy atom. The van der Waals surface area contributed by atoms with E-state index in [-0.39, 0.29) is 24.0 Å². The predicted octanol–water partition coefficient (Wildman–Crippen LogP) is 3.99. The molecule has 0 bridgehead atoms. The highest BCUT2D eigenvalue weighted by Gasteiger charge is 2.18. The number of thiazole rings is 1. The SMILES string of the molecule is CN=C(NCCCSc1nccs1)NC1CCC(C)CC1.I. The molecule has 22 heavy (non-hydrogen) atoms. The van der Waals surface area contributed by atoms with Gasteiger partial charge in [0.1, 0.15) is 4.34 Å². The van der Waals surface area contributed by atoms with Crippen molar-refractivity contribution in [3.63, 3.8) is 0 Å². The van der Waals surface area contributed by atoms with Crippen LogP contribution in [0.3, 0.4) is 0 Å². The van der Waals surface area contributed by atoms with Crippen LogP contribution < -0.4 is 10.6 Å². The van der Waals surface area contributed by atoms with Gasteiger partial charge in [0.25, 0.3) is 0 Å². The van der Waals surface area contributed by atoms with Crippen LogP contribution in [0.1, 0.15) is 39.0 Å². The van der Waals surface area contributed by atoms with Crippen molar-refractivity contribution in [2.75, 3.05) is 19.3 Å². The van der Waals surface area contributed by atoms with Gasteiger partial charge in [-0.2, -0.15) is 0 Å². The minimum atomic E-state index is 0. The smallest absolute Gasteiger partial charge is 0.191 e. The molecule has 0 spiro atoms. The van der Waals surface area contributed by atoms with Gasteiger partial charge < -0.3 is 10.6 Å². The lowest BCUT2D eigenvalue weighted by molar-refractivity contribution is 0.329. The Bertz CT molecular complexity index is 417. The first kappa shape index (κ1) is 20.0. The fourth-order valence-electron chi connectivity index (χ4n) is 2.51. The molecule has 1 aliphatic carbocycles. The van der Waals surface area contributed by atoms with E-state index in [9.17, 15) is 0 Å². The monoisotopic (exact) mass is 454 g/mol. The highest BCUT2D eigenvalue weighted by atomic mass is 127. The second-order valence-corrected chi connectivity index (χ2v) is 7.84. The zero-order valence-electron chi connectivity index (χ0n) is 13.4. The maximum Gasteiger partial charge on any atom is 0.191 e. The summed E-state index contributed by atoms with van der Waals surface area (Å²) in [5, 5.41) is 8.99. The van der Waals surface area contributed by atoms with Crippen LogP contribution in [0.5, 0.6) is 0 Å². The molecule has 2 N–H and O–H groups in total. The molecule has 1 aliphatic rings. The molecule has 0 radical (unpaired) electrons. The molecule has 1 aromatic heterocycles. The van der Waals surface area contributed by atoms with E-state index in [1.807, 2.05) is 30.4 Å². The van der Waals surface area contributed by atoms with E-state index in [0.717, 1.165) is 34.9 Å². The van der Waals surface area contributed by atoms with Gasteiger partial charge in [0.15, 0.2) is 5.96 Å². The number of aromatic nitrogens is 1. The van der Waals surface area contributed by atoms with Crippen molar-refractivity contribution in [1.82, 2.24) is 15.6 Å². The minimum absolute atomic E-state index is 0. The van der Waals surface area contributed by atoms with Crippen LogP contribution in [0, 0.1) is 5.92 Å². The molecule has 0 amide bonds. The maximum absolute atomic E-state index is 4.33. The zero-order valence-corrected chi connectivity index (χ0v) is 17.3. The van der Waals surface area contributed by atoms with Crippen molar-refractivity contribution in [3.05, 3.63) is 11.6 Å². The van der Waals surface area contributed by atoms with Crippen molar-refractivity contribution in [1.29, 1.82) is 0 Å². The van der Waals surface area contributed by atoms with Gasteiger partial charge in [-0.25, -0.2) is 4.98 Å². The molecule has 0 unspecified atom stereocenters. The van der Waals surface area contributed by atoms with E-state index in [4.69, 9.17) is 0 Å². The molecule has 2 rings (SSSR count). The Morgan fingerprint density at radius 3 is 2.82 bits per heavy atom. The Labute approximate surface area is 159 Å². The minimum Gasteiger partial charge on any atom is -0.356 e. The van der Waals surface area contributed by atoms with E-state index in [1.54, 1.807) is 11.3 Å². The van der Waals surface area contributed by atoms with Crippen LogP contribution in [0.4, 0.5) is 0 Å². The van der Waals surface area contributed by atoms with Gasteiger partial charge in [-0.3, -0.25) is 4.99 Å². The summed E-state index contributed by atoms with van der Waals surface area (Å²) < 4.78 is 1.16. The molecule has 0 aliphatic heterocycles. The van der Waals surface area contributed by atoms with Gasteiger partial charge in [0.05, 0.1) is 0 Å².